The molecule has 0 radical (unpaired) electrons. The highest BCUT2D eigenvalue weighted by atomic mass is 32.3. The Labute approximate surface area is 108 Å². The van der Waals surface area contributed by atoms with Gasteiger partial charge >= 0.3 is 16.3 Å². The van der Waals surface area contributed by atoms with Crippen LogP contribution in [0.4, 0.5) is 8.68 Å². The summed E-state index contributed by atoms with van der Waals surface area (Å²) >= 11 is 0. The molecule has 0 bridgehead atoms. The minimum absolute atomic E-state index is 0.169. The topological polar surface area (TPSA) is 72.5 Å². The third-order valence-electron chi connectivity index (χ3n) is 1.72. The fraction of sp³-hybridized carbons (Fsp3) is 0.727. The number of halogens is 1. The van der Waals surface area contributed by atoms with Crippen LogP contribution in [-0.4, -0.2) is 31.9 Å². The summed E-state index contributed by atoms with van der Waals surface area (Å²) in [5.41, 5.74) is -0.0633. The normalized spacial score (nSPS) is 13.8. The fourth-order valence-electron chi connectivity index (χ4n) is 1.29. The molecule has 0 aromatic rings. The van der Waals surface area contributed by atoms with Crippen molar-refractivity contribution in [1.82, 2.24) is 5.32 Å². The molecule has 1 N–H and O–H groups in total. The second kappa shape index (κ2) is 6.17. The number of amides is 1. The monoisotopic (exact) mass is 281 g/mol. The molecule has 0 aliphatic heterocycles. The first-order chi connectivity index (χ1) is 7.89. The lowest BCUT2D eigenvalue weighted by atomic mass is 10.1. The maximum atomic E-state index is 12.6. The van der Waals surface area contributed by atoms with Gasteiger partial charge < -0.3 is 10.1 Å². The Morgan fingerprint density at radius 2 is 1.94 bits per heavy atom. The van der Waals surface area contributed by atoms with E-state index in [0.29, 0.717) is 5.57 Å². The zero-order valence-corrected chi connectivity index (χ0v) is 11.9. The quantitative estimate of drug-likeness (QED) is 0.619. The summed E-state index contributed by atoms with van der Waals surface area (Å²) in [6, 6.07) is -0.882. The fourth-order valence-corrected chi connectivity index (χ4v) is 1.97. The van der Waals surface area contributed by atoms with Gasteiger partial charge in [0, 0.05) is 0 Å². The number of hydrogen-bond donors (Lipinski definition) is 1. The molecule has 106 valence electrons. The van der Waals surface area contributed by atoms with Crippen molar-refractivity contribution in [3.63, 3.8) is 0 Å². The molecule has 18 heavy (non-hydrogen) atoms. The first-order valence-electron chi connectivity index (χ1n) is 5.45. The molecule has 0 saturated carbocycles. The summed E-state index contributed by atoms with van der Waals surface area (Å²) in [5, 5.41) is 2.32. The van der Waals surface area contributed by atoms with Crippen LogP contribution in [0.25, 0.3) is 0 Å². The Bertz CT molecular complexity index is 411. The first-order valence-corrected chi connectivity index (χ1v) is 7.00. The van der Waals surface area contributed by atoms with E-state index in [2.05, 4.69) is 11.9 Å². The van der Waals surface area contributed by atoms with Gasteiger partial charge in [-0.3, -0.25) is 0 Å². The third-order valence-corrected chi connectivity index (χ3v) is 2.52. The molecule has 0 fully saturated rings. The molecule has 7 heteroatoms. The number of hydrogen-bond acceptors (Lipinski definition) is 4. The number of rotatable bonds is 5. The first kappa shape index (κ1) is 16.9. The molecular weight excluding hydrogens is 261 g/mol. The molecular formula is C11H20FNO4S. The Hall–Kier alpha value is -1.11. The minimum Gasteiger partial charge on any atom is -0.444 e. The van der Waals surface area contributed by atoms with E-state index in [4.69, 9.17) is 4.74 Å². The summed E-state index contributed by atoms with van der Waals surface area (Å²) in [6.45, 7) is 10.3. The van der Waals surface area contributed by atoms with Gasteiger partial charge in [0.25, 0.3) is 0 Å². The summed E-state index contributed by atoms with van der Waals surface area (Å²) in [7, 11) is -4.67. The van der Waals surface area contributed by atoms with E-state index < -0.39 is 33.7 Å². The predicted octanol–water partition coefficient (Wildman–Crippen LogP) is 2.15. The predicted molar refractivity (Wildman–Crippen MR) is 67.5 cm³/mol. The van der Waals surface area contributed by atoms with E-state index in [1.54, 1.807) is 27.7 Å². The van der Waals surface area contributed by atoms with Crippen molar-refractivity contribution in [2.24, 2.45) is 0 Å². The lowest BCUT2D eigenvalue weighted by Crippen LogP contribution is -2.42. The molecule has 1 amide bonds. The van der Waals surface area contributed by atoms with E-state index in [-0.39, 0.29) is 6.42 Å². The molecule has 0 aliphatic rings. The highest BCUT2D eigenvalue weighted by Gasteiger charge is 2.23. The van der Waals surface area contributed by atoms with Crippen molar-refractivity contribution in [3.05, 3.63) is 12.2 Å². The van der Waals surface area contributed by atoms with Gasteiger partial charge in [0.05, 0.1) is 6.04 Å². The summed E-state index contributed by atoms with van der Waals surface area (Å²) in [4.78, 5) is 11.5. The second-order valence-corrected chi connectivity index (χ2v) is 6.62. The summed E-state index contributed by atoms with van der Waals surface area (Å²) < 4.78 is 38.8. The summed E-state index contributed by atoms with van der Waals surface area (Å²) in [5.74, 6) is -0.793. The van der Waals surface area contributed by atoms with Crippen molar-refractivity contribution in [3.8, 4) is 0 Å². The Morgan fingerprint density at radius 1 is 1.44 bits per heavy atom. The van der Waals surface area contributed by atoms with E-state index in [1.165, 1.54) is 0 Å². The van der Waals surface area contributed by atoms with Crippen LogP contribution in [0.15, 0.2) is 12.2 Å². The smallest absolute Gasteiger partial charge is 0.407 e. The van der Waals surface area contributed by atoms with Crippen molar-refractivity contribution < 1.29 is 21.8 Å². The highest BCUT2D eigenvalue weighted by Crippen LogP contribution is 2.10. The van der Waals surface area contributed by atoms with Crippen molar-refractivity contribution in [2.45, 2.75) is 45.8 Å². The van der Waals surface area contributed by atoms with E-state index in [0.717, 1.165) is 0 Å². The minimum atomic E-state index is -4.67. The molecule has 0 aromatic carbocycles. The van der Waals surface area contributed by atoms with Gasteiger partial charge in [0.15, 0.2) is 0 Å². The van der Waals surface area contributed by atoms with Crippen LogP contribution in [0, 0.1) is 0 Å². The SMILES string of the molecule is C=C(C)CC(CS(=O)(=O)F)NC(=O)OC(C)(C)C. The van der Waals surface area contributed by atoms with Crippen LogP contribution in [0.1, 0.15) is 34.1 Å². The molecule has 0 spiro atoms. The Balaban J connectivity index is 4.59. The molecule has 0 heterocycles. The van der Waals surface area contributed by atoms with E-state index in [1.807, 2.05) is 0 Å². The highest BCUT2D eigenvalue weighted by molar-refractivity contribution is 7.86. The van der Waals surface area contributed by atoms with Crippen LogP contribution in [0.3, 0.4) is 0 Å². The van der Waals surface area contributed by atoms with E-state index in [9.17, 15) is 17.1 Å². The lowest BCUT2D eigenvalue weighted by Gasteiger charge is -2.23. The molecule has 1 atom stereocenters. The van der Waals surface area contributed by atoms with Crippen LogP contribution in [0.5, 0.6) is 0 Å². The van der Waals surface area contributed by atoms with Crippen LogP contribution in [0.2, 0.25) is 0 Å². The number of carbonyl (C=O) groups excluding carboxylic acids is 1. The van der Waals surface area contributed by atoms with Gasteiger partial charge in [-0.25, -0.2) is 4.79 Å². The van der Waals surface area contributed by atoms with Crippen LogP contribution in [-0.2, 0) is 15.0 Å². The Morgan fingerprint density at radius 3 is 2.28 bits per heavy atom. The van der Waals surface area contributed by atoms with Gasteiger partial charge in [-0.15, -0.1) is 10.5 Å². The molecule has 0 aromatic heterocycles. The van der Waals surface area contributed by atoms with Crippen LogP contribution < -0.4 is 5.32 Å². The Kier molecular flexibility index (Phi) is 5.79. The maximum absolute atomic E-state index is 12.6. The van der Waals surface area contributed by atoms with Gasteiger partial charge in [0.2, 0.25) is 0 Å². The zero-order chi connectivity index (χ0) is 14.6. The number of carbonyl (C=O) groups is 1. The number of alkyl carbamates (subject to hydrolysis) is 1. The average Bonchev–Trinajstić information content (AvgIpc) is 1.92. The zero-order valence-electron chi connectivity index (χ0n) is 11.1. The van der Waals surface area contributed by atoms with Gasteiger partial charge in [0.1, 0.15) is 11.4 Å². The average molecular weight is 281 g/mol. The molecule has 0 saturated heterocycles. The van der Waals surface area contributed by atoms with E-state index >= 15 is 0 Å². The molecule has 1 unspecified atom stereocenters. The maximum Gasteiger partial charge on any atom is 0.407 e. The van der Waals surface area contributed by atoms with Crippen LogP contribution >= 0.6 is 0 Å². The second-order valence-electron chi connectivity index (χ2n) is 5.21. The molecule has 5 nitrogen and oxygen atoms in total. The van der Waals surface area contributed by atoms with Crippen molar-refractivity contribution in [2.75, 3.05) is 5.75 Å². The van der Waals surface area contributed by atoms with Crippen molar-refractivity contribution in [1.29, 1.82) is 0 Å². The number of ether oxygens (including phenoxy) is 1. The number of nitrogens with one attached hydrogen (secondary N) is 1. The third kappa shape index (κ3) is 10.1. The van der Waals surface area contributed by atoms with Gasteiger partial charge in [-0.05, 0) is 34.1 Å². The largest absolute Gasteiger partial charge is 0.444 e. The molecule has 0 rings (SSSR count). The van der Waals surface area contributed by atoms with Crippen molar-refractivity contribution >= 4 is 16.3 Å². The standard InChI is InChI=1S/C11H20FNO4S/c1-8(2)6-9(7-18(12,15)16)13-10(14)17-11(3,4)5/h9H,1,6-7H2,2-5H3,(H,13,14). The van der Waals surface area contributed by atoms with Gasteiger partial charge in [-0.2, -0.15) is 8.42 Å². The molecule has 0 aliphatic carbocycles. The summed E-state index contributed by atoms with van der Waals surface area (Å²) in [6.07, 6.45) is -0.611. The van der Waals surface area contributed by atoms with Gasteiger partial charge in [-0.1, -0.05) is 5.57 Å². The lowest BCUT2D eigenvalue weighted by molar-refractivity contribution is 0.0509.